The van der Waals surface area contributed by atoms with E-state index in [0.717, 1.165) is 52.9 Å². The molecule has 198 valence electrons. The Morgan fingerprint density at radius 3 is 2.32 bits per heavy atom. The number of nitrogens with zero attached hydrogens (tertiary/aromatic N) is 5. The third-order valence-corrected chi connectivity index (χ3v) is 9.10. The fourth-order valence-corrected chi connectivity index (χ4v) is 6.37. The van der Waals surface area contributed by atoms with Crippen molar-refractivity contribution in [3.8, 4) is 0 Å². The summed E-state index contributed by atoms with van der Waals surface area (Å²) in [7, 11) is 0. The predicted molar refractivity (Wildman–Crippen MR) is 146 cm³/mol. The molecule has 3 aliphatic carbocycles. The first-order valence-electron chi connectivity index (χ1n) is 14.0. The van der Waals surface area contributed by atoms with Crippen LogP contribution in [0.15, 0.2) is 35.1 Å². The summed E-state index contributed by atoms with van der Waals surface area (Å²) in [5.41, 5.74) is 2.61. The molecule has 0 unspecified atom stereocenters. The van der Waals surface area contributed by atoms with E-state index in [4.69, 9.17) is 0 Å². The van der Waals surface area contributed by atoms with Crippen molar-refractivity contribution < 1.29 is 9.18 Å². The lowest BCUT2D eigenvalue weighted by molar-refractivity contribution is -0.133. The van der Waals surface area contributed by atoms with Crippen molar-refractivity contribution in [2.24, 2.45) is 11.8 Å². The third-order valence-electron chi connectivity index (χ3n) is 8.57. The van der Waals surface area contributed by atoms with E-state index in [0.29, 0.717) is 38.3 Å². The van der Waals surface area contributed by atoms with E-state index in [1.165, 1.54) is 32.0 Å². The molecule has 1 aromatic heterocycles. The Labute approximate surface area is 227 Å². The van der Waals surface area contributed by atoms with Gasteiger partial charge in [-0.1, -0.05) is 35.0 Å². The zero-order valence-corrected chi connectivity index (χ0v) is 23.2. The zero-order chi connectivity index (χ0) is 25.5. The van der Waals surface area contributed by atoms with Gasteiger partial charge in [0.15, 0.2) is 0 Å². The van der Waals surface area contributed by atoms with Crippen molar-refractivity contribution in [2.45, 2.75) is 57.0 Å². The van der Waals surface area contributed by atoms with Gasteiger partial charge >= 0.3 is 0 Å². The maximum absolute atomic E-state index is 14.5. The Hall–Kier alpha value is -2.06. The molecule has 2 aromatic rings. The van der Waals surface area contributed by atoms with E-state index in [1.807, 2.05) is 4.90 Å². The van der Waals surface area contributed by atoms with Crippen LogP contribution in [0.1, 0.15) is 73.9 Å². The van der Waals surface area contributed by atoms with E-state index in [2.05, 4.69) is 66.9 Å². The molecule has 1 aromatic carbocycles. The van der Waals surface area contributed by atoms with Crippen LogP contribution in [0.5, 0.6) is 0 Å². The van der Waals surface area contributed by atoms with Crippen LogP contribution in [0, 0.1) is 11.8 Å². The van der Waals surface area contributed by atoms with Crippen LogP contribution in [0.2, 0.25) is 0 Å². The lowest BCUT2D eigenvalue weighted by Gasteiger charge is -2.38. The minimum absolute atomic E-state index is 0.117. The summed E-state index contributed by atoms with van der Waals surface area (Å²) in [5, 5.41) is 0. The number of halogens is 2. The fourth-order valence-electron chi connectivity index (χ4n) is 6.11. The van der Waals surface area contributed by atoms with Crippen LogP contribution in [-0.4, -0.2) is 71.5 Å². The molecular weight excluding hydrogens is 533 g/mol. The van der Waals surface area contributed by atoms with Gasteiger partial charge in [0.25, 0.3) is 0 Å². The van der Waals surface area contributed by atoms with Gasteiger partial charge in [0.1, 0.15) is 18.3 Å². The van der Waals surface area contributed by atoms with Crippen molar-refractivity contribution in [1.82, 2.24) is 19.8 Å². The second-order valence-electron chi connectivity index (χ2n) is 11.6. The Morgan fingerprint density at radius 2 is 1.70 bits per heavy atom. The largest absolute Gasteiger partial charge is 0.353 e. The number of carbonyl (C=O) groups is 1. The number of benzene rings is 1. The molecule has 37 heavy (non-hydrogen) atoms. The first-order valence-corrected chi connectivity index (χ1v) is 14.8. The summed E-state index contributed by atoms with van der Waals surface area (Å²) in [5.74, 6) is 2.66. The summed E-state index contributed by atoms with van der Waals surface area (Å²) in [4.78, 5) is 29.7. The summed E-state index contributed by atoms with van der Waals surface area (Å²) >= 11 is 3.55. The number of anilines is 1. The summed E-state index contributed by atoms with van der Waals surface area (Å²) in [6.07, 6.45) is 6.28. The zero-order valence-electron chi connectivity index (χ0n) is 21.7. The quantitative estimate of drug-likeness (QED) is 0.409. The number of alkyl halides is 1. The smallest absolute Gasteiger partial charge is 0.231 e. The topological polar surface area (TPSA) is 52.6 Å². The first-order chi connectivity index (χ1) is 18.0. The molecule has 0 radical (unpaired) electrons. The molecule has 0 spiro atoms. The normalized spacial score (nSPS) is 24.4. The average Bonchev–Trinajstić information content (AvgIpc) is 3.84. The van der Waals surface area contributed by atoms with E-state index < -0.39 is 6.17 Å². The maximum atomic E-state index is 14.5. The van der Waals surface area contributed by atoms with Crippen molar-refractivity contribution in [1.29, 1.82) is 0 Å². The van der Waals surface area contributed by atoms with E-state index in [-0.39, 0.29) is 17.7 Å². The Bertz CT molecular complexity index is 1100. The molecule has 8 heteroatoms. The Balaban J connectivity index is 1.17. The number of piperazine rings is 1. The minimum Gasteiger partial charge on any atom is -0.353 e. The average molecular weight is 571 g/mol. The molecule has 0 bridgehead atoms. The molecule has 1 aliphatic heterocycles. The molecule has 4 aliphatic rings. The van der Waals surface area contributed by atoms with Crippen LogP contribution in [0.3, 0.4) is 0 Å². The number of hydrogen-bond donors (Lipinski definition) is 0. The first kappa shape index (κ1) is 25.2. The molecule has 3 atom stereocenters. The van der Waals surface area contributed by atoms with Gasteiger partial charge in [0.05, 0.1) is 11.6 Å². The van der Waals surface area contributed by atoms with Crippen molar-refractivity contribution in [3.63, 3.8) is 0 Å². The van der Waals surface area contributed by atoms with Crippen LogP contribution in [0.4, 0.5) is 10.2 Å². The molecule has 6 nitrogen and oxygen atoms in total. The summed E-state index contributed by atoms with van der Waals surface area (Å²) in [6.45, 7) is 7.83. The molecule has 6 rings (SSSR count). The standard InChI is InChI=1S/C29H37BrFN5O/c1-19-14-25(31)27-26(19)28(33-18-32-27)35-10-12-36(13-11-35)29(37)24(22-6-8-23(30)9-7-22)17-34(15-20-2-3-20)16-21-4-5-21/h6-9,18-21,24-25H,2-5,10-17H2,1H3/t19-,24-,25+/m1/s1. The maximum Gasteiger partial charge on any atom is 0.231 e. The third kappa shape index (κ3) is 5.70. The number of carbonyl (C=O) groups excluding carboxylic acids is 1. The van der Waals surface area contributed by atoms with Gasteiger partial charge in [-0.25, -0.2) is 14.4 Å². The molecule has 1 amide bonds. The highest BCUT2D eigenvalue weighted by Gasteiger charge is 2.37. The number of fused-ring (bicyclic) bond motifs is 1. The second kappa shape index (κ2) is 10.6. The molecule has 0 N–H and O–H groups in total. The van der Waals surface area contributed by atoms with E-state index in [1.54, 1.807) is 0 Å². The monoisotopic (exact) mass is 569 g/mol. The van der Waals surface area contributed by atoms with Gasteiger partial charge in [0, 0.05) is 55.8 Å². The van der Waals surface area contributed by atoms with Gasteiger partial charge in [-0.05, 0) is 67.6 Å². The lowest BCUT2D eigenvalue weighted by Crippen LogP contribution is -2.51. The molecule has 3 fully saturated rings. The molecule has 2 saturated carbocycles. The highest BCUT2D eigenvalue weighted by molar-refractivity contribution is 9.10. The highest BCUT2D eigenvalue weighted by Crippen LogP contribution is 2.44. The summed E-state index contributed by atoms with van der Waals surface area (Å²) in [6, 6.07) is 8.31. The van der Waals surface area contributed by atoms with E-state index in [9.17, 15) is 9.18 Å². The number of amides is 1. The Kier molecular flexibility index (Phi) is 7.23. The minimum atomic E-state index is -1.00. The van der Waals surface area contributed by atoms with Crippen LogP contribution in [0.25, 0.3) is 0 Å². The molecular formula is C29H37BrFN5O. The van der Waals surface area contributed by atoms with Crippen LogP contribution >= 0.6 is 15.9 Å². The van der Waals surface area contributed by atoms with Crippen LogP contribution < -0.4 is 4.90 Å². The van der Waals surface area contributed by atoms with Crippen LogP contribution in [-0.2, 0) is 4.79 Å². The van der Waals surface area contributed by atoms with Crippen molar-refractivity contribution in [2.75, 3.05) is 50.7 Å². The SMILES string of the molecule is C[C@@H]1C[C@H](F)c2ncnc(N3CCN(C(=O)[C@H](CN(CC4CC4)CC4CC4)c4ccc(Br)cc4)CC3)c21. The second-order valence-corrected chi connectivity index (χ2v) is 12.5. The van der Waals surface area contributed by atoms with Gasteiger partial charge in [-0.2, -0.15) is 0 Å². The number of rotatable bonds is 9. The molecule has 2 heterocycles. The lowest BCUT2D eigenvalue weighted by atomic mass is 9.96. The van der Waals surface area contributed by atoms with Crippen molar-refractivity contribution in [3.05, 3.63) is 51.9 Å². The number of aromatic nitrogens is 2. The highest BCUT2D eigenvalue weighted by atomic mass is 79.9. The van der Waals surface area contributed by atoms with Gasteiger partial charge in [-0.15, -0.1) is 0 Å². The predicted octanol–water partition coefficient (Wildman–Crippen LogP) is 5.31. The van der Waals surface area contributed by atoms with Gasteiger partial charge < -0.3 is 14.7 Å². The van der Waals surface area contributed by atoms with Gasteiger partial charge in [-0.3, -0.25) is 4.79 Å². The van der Waals surface area contributed by atoms with Crippen molar-refractivity contribution >= 4 is 27.7 Å². The number of hydrogen-bond acceptors (Lipinski definition) is 5. The molecule has 1 saturated heterocycles. The Morgan fingerprint density at radius 1 is 1.05 bits per heavy atom. The summed E-state index contributed by atoms with van der Waals surface area (Å²) < 4.78 is 15.5. The fraction of sp³-hybridized carbons (Fsp3) is 0.621. The van der Waals surface area contributed by atoms with Gasteiger partial charge in [0.2, 0.25) is 5.91 Å². The van der Waals surface area contributed by atoms with E-state index >= 15 is 0 Å².